The van der Waals surface area contributed by atoms with Gasteiger partial charge in [0, 0.05) is 23.0 Å². The zero-order valence-electron chi connectivity index (χ0n) is 12.9. The molecule has 0 aromatic heterocycles. The van der Waals surface area contributed by atoms with E-state index in [2.05, 4.69) is 5.32 Å². The summed E-state index contributed by atoms with van der Waals surface area (Å²) in [5.74, 6) is 0.662. The first-order valence-corrected chi connectivity index (χ1v) is 8.89. The summed E-state index contributed by atoms with van der Waals surface area (Å²) in [5.41, 5.74) is 0.327. The number of hydrogen-bond donors (Lipinski definition) is 1. The minimum Gasteiger partial charge on any atom is -0.308 e. The van der Waals surface area contributed by atoms with Crippen molar-refractivity contribution in [2.24, 2.45) is 0 Å². The molecule has 1 atom stereocenters. The zero-order valence-corrected chi connectivity index (χ0v) is 14.5. The number of nitrogens with zero attached hydrogens (tertiary/aromatic N) is 1. The number of urea groups is 1. The summed E-state index contributed by atoms with van der Waals surface area (Å²) < 4.78 is 38.8. The molecule has 2 aromatic carbocycles. The predicted molar refractivity (Wildman–Crippen MR) is 93.8 cm³/mol. The number of amides is 2. The second kappa shape index (κ2) is 7.17. The predicted octanol–water partition coefficient (Wildman–Crippen LogP) is 5.64. The van der Waals surface area contributed by atoms with E-state index in [0.29, 0.717) is 28.6 Å². The van der Waals surface area contributed by atoms with Crippen molar-refractivity contribution in [1.82, 2.24) is 4.90 Å². The molecule has 1 aliphatic rings. The molecule has 2 amide bonds. The summed E-state index contributed by atoms with van der Waals surface area (Å²) >= 11 is 7.25. The van der Waals surface area contributed by atoms with Crippen molar-refractivity contribution in [3.8, 4) is 0 Å². The van der Waals surface area contributed by atoms with Crippen LogP contribution < -0.4 is 5.32 Å². The number of carbonyl (C=O) groups excluding carboxylic acids is 1. The van der Waals surface area contributed by atoms with E-state index in [1.54, 1.807) is 30.3 Å². The fourth-order valence-corrected chi connectivity index (χ4v) is 3.92. The molecule has 0 unspecified atom stereocenters. The number of hydrogen-bond acceptors (Lipinski definition) is 2. The van der Waals surface area contributed by atoms with E-state index in [1.807, 2.05) is 0 Å². The maximum Gasteiger partial charge on any atom is 0.416 e. The Balaban J connectivity index is 1.78. The minimum absolute atomic E-state index is 0.352. The van der Waals surface area contributed by atoms with Gasteiger partial charge in [0.05, 0.1) is 5.56 Å². The SMILES string of the molecule is O=C(Nc1ccc(Cl)cc1)N1CCS[C@@H]1c1cccc(C(F)(F)F)c1. The fourth-order valence-electron chi connectivity index (χ4n) is 2.55. The number of alkyl halides is 3. The molecule has 1 saturated heterocycles. The average Bonchev–Trinajstić information content (AvgIpc) is 3.06. The second-order valence-electron chi connectivity index (χ2n) is 5.48. The van der Waals surface area contributed by atoms with E-state index >= 15 is 0 Å². The van der Waals surface area contributed by atoms with Crippen LogP contribution in [0.1, 0.15) is 16.5 Å². The standard InChI is InChI=1S/C17H14ClF3N2OS/c18-13-4-6-14(7-5-13)22-16(24)23-8-9-25-15(23)11-2-1-3-12(10-11)17(19,20)21/h1-7,10,15H,8-9H2,(H,22,24)/t15-/m1/s1. The van der Waals surface area contributed by atoms with Crippen LogP contribution in [-0.4, -0.2) is 23.2 Å². The van der Waals surface area contributed by atoms with Crippen molar-refractivity contribution in [2.75, 3.05) is 17.6 Å². The molecule has 0 bridgehead atoms. The molecule has 1 N–H and O–H groups in total. The molecule has 0 saturated carbocycles. The fraction of sp³-hybridized carbons (Fsp3) is 0.235. The number of carbonyl (C=O) groups is 1. The minimum atomic E-state index is -4.41. The molecular formula is C17H14ClF3N2OS. The Kier molecular flexibility index (Phi) is 5.15. The van der Waals surface area contributed by atoms with Crippen LogP contribution >= 0.6 is 23.4 Å². The third-order valence-corrected chi connectivity index (χ3v) is 5.26. The van der Waals surface area contributed by atoms with Crippen molar-refractivity contribution in [3.63, 3.8) is 0 Å². The van der Waals surface area contributed by atoms with Crippen LogP contribution in [0.15, 0.2) is 48.5 Å². The molecule has 8 heteroatoms. The monoisotopic (exact) mass is 386 g/mol. The van der Waals surface area contributed by atoms with Crippen LogP contribution in [0.25, 0.3) is 0 Å². The van der Waals surface area contributed by atoms with Crippen molar-refractivity contribution in [2.45, 2.75) is 11.6 Å². The van der Waals surface area contributed by atoms with Gasteiger partial charge in [-0.25, -0.2) is 4.79 Å². The van der Waals surface area contributed by atoms with Crippen molar-refractivity contribution >= 4 is 35.1 Å². The highest BCUT2D eigenvalue weighted by Gasteiger charge is 2.34. The van der Waals surface area contributed by atoms with Gasteiger partial charge in [-0.2, -0.15) is 13.2 Å². The Morgan fingerprint density at radius 3 is 2.60 bits per heavy atom. The lowest BCUT2D eigenvalue weighted by Crippen LogP contribution is -2.34. The summed E-state index contributed by atoms with van der Waals surface area (Å²) in [4.78, 5) is 14.0. The van der Waals surface area contributed by atoms with Crippen molar-refractivity contribution in [1.29, 1.82) is 0 Å². The first kappa shape index (κ1) is 17.9. The number of benzene rings is 2. The van der Waals surface area contributed by atoms with Crippen LogP contribution in [0.5, 0.6) is 0 Å². The van der Waals surface area contributed by atoms with Gasteiger partial charge < -0.3 is 10.2 Å². The zero-order chi connectivity index (χ0) is 18.0. The highest BCUT2D eigenvalue weighted by Crippen LogP contribution is 2.40. The van der Waals surface area contributed by atoms with Crippen LogP contribution in [0.4, 0.5) is 23.7 Å². The number of anilines is 1. The molecule has 0 spiro atoms. The maximum absolute atomic E-state index is 12.9. The normalized spacial score (nSPS) is 17.6. The van der Waals surface area contributed by atoms with Crippen LogP contribution in [-0.2, 0) is 6.18 Å². The smallest absolute Gasteiger partial charge is 0.308 e. The topological polar surface area (TPSA) is 32.3 Å². The summed E-state index contributed by atoms with van der Waals surface area (Å²) in [5, 5.41) is 2.85. The van der Waals surface area contributed by atoms with E-state index in [9.17, 15) is 18.0 Å². The highest BCUT2D eigenvalue weighted by atomic mass is 35.5. The highest BCUT2D eigenvalue weighted by molar-refractivity contribution is 7.99. The molecule has 3 nitrogen and oxygen atoms in total. The third kappa shape index (κ3) is 4.22. The number of halogens is 4. The van der Waals surface area contributed by atoms with Gasteiger partial charge in [-0.05, 0) is 42.0 Å². The summed E-state index contributed by atoms with van der Waals surface area (Å²) in [7, 11) is 0. The molecular weight excluding hydrogens is 373 g/mol. The van der Waals surface area contributed by atoms with E-state index in [4.69, 9.17) is 11.6 Å². The van der Waals surface area contributed by atoms with Gasteiger partial charge in [0.1, 0.15) is 5.37 Å². The Labute approximate surface area is 152 Å². The first-order chi connectivity index (χ1) is 11.8. The second-order valence-corrected chi connectivity index (χ2v) is 7.10. The lowest BCUT2D eigenvalue weighted by atomic mass is 10.1. The van der Waals surface area contributed by atoms with Crippen LogP contribution in [0.3, 0.4) is 0 Å². The van der Waals surface area contributed by atoms with E-state index in [-0.39, 0.29) is 6.03 Å². The van der Waals surface area contributed by atoms with Gasteiger partial charge in [0.25, 0.3) is 0 Å². The lowest BCUT2D eigenvalue weighted by Gasteiger charge is -2.25. The van der Waals surface area contributed by atoms with E-state index in [0.717, 1.165) is 12.1 Å². The van der Waals surface area contributed by atoms with E-state index in [1.165, 1.54) is 22.7 Å². The summed E-state index contributed by atoms with van der Waals surface area (Å²) in [6.45, 7) is 0.463. The Bertz CT molecular complexity index is 767. The Morgan fingerprint density at radius 1 is 1.20 bits per heavy atom. The van der Waals surface area contributed by atoms with Crippen LogP contribution in [0.2, 0.25) is 5.02 Å². The molecule has 1 aliphatic heterocycles. The van der Waals surface area contributed by atoms with Gasteiger partial charge in [-0.1, -0.05) is 23.7 Å². The lowest BCUT2D eigenvalue weighted by molar-refractivity contribution is -0.137. The molecule has 0 radical (unpaired) electrons. The Hall–Kier alpha value is -1.86. The maximum atomic E-state index is 12.9. The largest absolute Gasteiger partial charge is 0.416 e. The molecule has 132 valence electrons. The van der Waals surface area contributed by atoms with Gasteiger partial charge in [-0.3, -0.25) is 0 Å². The molecule has 1 fully saturated rings. The summed E-state index contributed by atoms with van der Waals surface area (Å²) in [6, 6.07) is 11.4. The number of nitrogens with one attached hydrogen (secondary N) is 1. The van der Waals surface area contributed by atoms with E-state index < -0.39 is 17.1 Å². The first-order valence-electron chi connectivity index (χ1n) is 7.46. The van der Waals surface area contributed by atoms with Gasteiger partial charge in [0.2, 0.25) is 0 Å². The molecule has 3 rings (SSSR count). The molecule has 2 aromatic rings. The van der Waals surface area contributed by atoms with Gasteiger partial charge in [-0.15, -0.1) is 11.8 Å². The van der Waals surface area contributed by atoms with Crippen molar-refractivity contribution in [3.05, 3.63) is 64.7 Å². The van der Waals surface area contributed by atoms with Crippen molar-refractivity contribution < 1.29 is 18.0 Å². The molecule has 1 heterocycles. The Morgan fingerprint density at radius 2 is 1.92 bits per heavy atom. The number of thioether (sulfide) groups is 1. The van der Waals surface area contributed by atoms with Gasteiger partial charge in [0.15, 0.2) is 0 Å². The molecule has 0 aliphatic carbocycles. The molecule has 25 heavy (non-hydrogen) atoms. The average molecular weight is 387 g/mol. The van der Waals surface area contributed by atoms with Gasteiger partial charge >= 0.3 is 12.2 Å². The quantitative estimate of drug-likeness (QED) is 0.724. The number of rotatable bonds is 2. The third-order valence-electron chi connectivity index (χ3n) is 3.75. The van der Waals surface area contributed by atoms with Crippen LogP contribution in [0, 0.1) is 0 Å². The summed E-state index contributed by atoms with van der Waals surface area (Å²) in [6.07, 6.45) is -4.41.